The average Bonchev–Trinajstić information content (AvgIpc) is 2.73. The smallest absolute Gasteiger partial charge is 0.329 e. The molecule has 0 aromatic carbocycles. The summed E-state index contributed by atoms with van der Waals surface area (Å²) < 4.78 is 0. The Morgan fingerprint density at radius 1 is 1.20 bits per heavy atom. The Morgan fingerprint density at radius 2 is 1.70 bits per heavy atom. The molecule has 7 nitrogen and oxygen atoms in total. The number of rotatable bonds is 7. The molecule has 7 heteroatoms. The number of carboxylic acids is 1. The van der Waals surface area contributed by atoms with Gasteiger partial charge in [-0.25, -0.2) is 4.79 Å². The SMILES string of the molecule is CCC(CC)(NC(=O)CCN1C(=O)CCC1=O)C(=O)O. The first-order chi connectivity index (χ1) is 9.36. The summed E-state index contributed by atoms with van der Waals surface area (Å²) in [6.07, 6.45) is 0.831. The van der Waals surface area contributed by atoms with Crippen molar-refractivity contribution in [2.75, 3.05) is 6.54 Å². The highest BCUT2D eigenvalue weighted by Crippen LogP contribution is 2.16. The van der Waals surface area contributed by atoms with Gasteiger partial charge in [0.2, 0.25) is 17.7 Å². The van der Waals surface area contributed by atoms with Crippen LogP contribution in [0, 0.1) is 0 Å². The van der Waals surface area contributed by atoms with E-state index in [4.69, 9.17) is 0 Å². The van der Waals surface area contributed by atoms with Crippen LogP contribution in [0.3, 0.4) is 0 Å². The number of amides is 3. The Labute approximate surface area is 117 Å². The lowest BCUT2D eigenvalue weighted by Gasteiger charge is -2.28. The standard InChI is InChI=1S/C13H20N2O5/c1-3-13(4-2,12(19)20)14-9(16)7-8-15-10(17)5-6-11(15)18/h3-8H2,1-2H3,(H,14,16)(H,19,20). The first kappa shape index (κ1) is 16.1. The fourth-order valence-electron chi connectivity index (χ4n) is 2.20. The number of carboxylic acid groups (broad SMARTS) is 1. The molecule has 2 N–H and O–H groups in total. The van der Waals surface area contributed by atoms with Gasteiger partial charge in [0.05, 0.1) is 0 Å². The molecule has 0 radical (unpaired) electrons. The number of nitrogens with one attached hydrogen (secondary N) is 1. The molecule has 0 bridgehead atoms. The first-order valence-corrected chi connectivity index (χ1v) is 6.74. The molecule has 0 aromatic rings. The van der Waals surface area contributed by atoms with Gasteiger partial charge in [0.1, 0.15) is 5.54 Å². The normalized spacial score (nSPS) is 15.6. The van der Waals surface area contributed by atoms with Gasteiger partial charge in [-0.1, -0.05) is 13.8 Å². The molecule has 1 aliphatic rings. The first-order valence-electron chi connectivity index (χ1n) is 6.74. The molecular weight excluding hydrogens is 264 g/mol. The Kier molecular flexibility index (Phi) is 5.24. The van der Waals surface area contributed by atoms with Crippen LogP contribution >= 0.6 is 0 Å². The molecule has 112 valence electrons. The number of likely N-dealkylation sites (tertiary alicyclic amines) is 1. The lowest BCUT2D eigenvalue weighted by Crippen LogP contribution is -2.54. The summed E-state index contributed by atoms with van der Waals surface area (Å²) in [5.41, 5.74) is -1.28. The number of aliphatic carboxylic acids is 1. The number of nitrogens with zero attached hydrogens (tertiary/aromatic N) is 1. The molecule has 0 unspecified atom stereocenters. The number of hydrogen-bond acceptors (Lipinski definition) is 4. The molecule has 0 atom stereocenters. The van der Waals surface area contributed by atoms with E-state index in [1.165, 1.54) is 0 Å². The van der Waals surface area contributed by atoms with Crippen LogP contribution in [-0.2, 0) is 19.2 Å². The zero-order chi connectivity index (χ0) is 15.3. The topological polar surface area (TPSA) is 104 Å². The average molecular weight is 284 g/mol. The number of carbonyl (C=O) groups excluding carboxylic acids is 3. The molecule has 1 saturated heterocycles. The van der Waals surface area contributed by atoms with Crippen molar-refractivity contribution >= 4 is 23.7 Å². The molecule has 20 heavy (non-hydrogen) atoms. The lowest BCUT2D eigenvalue weighted by atomic mass is 9.93. The van der Waals surface area contributed by atoms with Gasteiger partial charge in [0.15, 0.2) is 0 Å². The third-order valence-electron chi connectivity index (χ3n) is 3.71. The molecule has 1 rings (SSSR count). The van der Waals surface area contributed by atoms with Crippen molar-refractivity contribution in [2.24, 2.45) is 0 Å². The molecule has 0 aromatic heterocycles. The van der Waals surface area contributed by atoms with Gasteiger partial charge in [-0.2, -0.15) is 0 Å². The molecule has 0 saturated carbocycles. The quantitative estimate of drug-likeness (QED) is 0.654. The number of hydrogen-bond donors (Lipinski definition) is 2. The van der Waals surface area contributed by atoms with E-state index in [0.29, 0.717) is 0 Å². The molecule has 1 aliphatic heterocycles. The van der Waals surface area contributed by atoms with Crippen LogP contribution in [0.4, 0.5) is 0 Å². The number of carbonyl (C=O) groups is 4. The van der Waals surface area contributed by atoms with E-state index in [-0.39, 0.29) is 50.5 Å². The molecule has 1 heterocycles. The van der Waals surface area contributed by atoms with Crippen molar-refractivity contribution < 1.29 is 24.3 Å². The summed E-state index contributed by atoms with van der Waals surface area (Å²) in [4.78, 5) is 46.9. The monoisotopic (exact) mass is 284 g/mol. The van der Waals surface area contributed by atoms with Gasteiger partial charge in [0.25, 0.3) is 0 Å². The second-order valence-corrected chi connectivity index (χ2v) is 4.83. The Bertz CT molecular complexity index is 412. The predicted molar refractivity (Wildman–Crippen MR) is 69.7 cm³/mol. The van der Waals surface area contributed by atoms with Gasteiger partial charge in [0, 0.05) is 25.8 Å². The van der Waals surface area contributed by atoms with Gasteiger partial charge in [-0.05, 0) is 12.8 Å². The summed E-state index contributed by atoms with van der Waals surface area (Å²) in [7, 11) is 0. The minimum Gasteiger partial charge on any atom is -0.480 e. The second kappa shape index (κ2) is 6.49. The fraction of sp³-hybridized carbons (Fsp3) is 0.692. The second-order valence-electron chi connectivity index (χ2n) is 4.83. The van der Waals surface area contributed by atoms with Crippen molar-refractivity contribution in [1.82, 2.24) is 10.2 Å². The molecule has 0 spiro atoms. The van der Waals surface area contributed by atoms with Gasteiger partial charge < -0.3 is 10.4 Å². The van der Waals surface area contributed by atoms with E-state index in [1.807, 2.05) is 0 Å². The minimum atomic E-state index is -1.28. The van der Waals surface area contributed by atoms with Crippen LogP contribution in [0.5, 0.6) is 0 Å². The molecule has 3 amide bonds. The maximum atomic E-state index is 11.8. The highest BCUT2D eigenvalue weighted by molar-refractivity contribution is 6.02. The van der Waals surface area contributed by atoms with Crippen LogP contribution < -0.4 is 5.32 Å². The Hall–Kier alpha value is -1.92. The summed E-state index contributed by atoms with van der Waals surface area (Å²) in [6.45, 7) is 3.38. The Morgan fingerprint density at radius 3 is 2.10 bits per heavy atom. The van der Waals surface area contributed by atoms with Crippen LogP contribution in [0.1, 0.15) is 46.0 Å². The van der Waals surface area contributed by atoms with Crippen LogP contribution in [-0.4, -0.2) is 45.8 Å². The highest BCUT2D eigenvalue weighted by Gasteiger charge is 2.36. The Balaban J connectivity index is 2.57. The summed E-state index contributed by atoms with van der Waals surface area (Å²) in [5, 5.41) is 11.7. The minimum absolute atomic E-state index is 0.00658. The van der Waals surface area contributed by atoms with Crippen molar-refractivity contribution in [3.05, 3.63) is 0 Å². The van der Waals surface area contributed by atoms with E-state index >= 15 is 0 Å². The number of imide groups is 1. The van der Waals surface area contributed by atoms with Crippen LogP contribution in [0.2, 0.25) is 0 Å². The fourth-order valence-corrected chi connectivity index (χ4v) is 2.20. The van der Waals surface area contributed by atoms with Crippen LogP contribution in [0.25, 0.3) is 0 Å². The van der Waals surface area contributed by atoms with Crippen LogP contribution in [0.15, 0.2) is 0 Å². The predicted octanol–water partition coefficient (Wildman–Crippen LogP) is 0.285. The molecule has 0 aliphatic carbocycles. The zero-order valence-electron chi connectivity index (χ0n) is 11.8. The lowest BCUT2D eigenvalue weighted by molar-refractivity contribution is -0.148. The van der Waals surface area contributed by atoms with Crippen molar-refractivity contribution in [3.63, 3.8) is 0 Å². The summed E-state index contributed by atoms with van der Waals surface area (Å²) >= 11 is 0. The molecular formula is C13H20N2O5. The maximum Gasteiger partial charge on any atom is 0.329 e. The maximum absolute atomic E-state index is 11.8. The van der Waals surface area contributed by atoms with Crippen molar-refractivity contribution in [3.8, 4) is 0 Å². The van der Waals surface area contributed by atoms with E-state index in [1.54, 1.807) is 13.8 Å². The zero-order valence-corrected chi connectivity index (χ0v) is 11.8. The van der Waals surface area contributed by atoms with E-state index in [2.05, 4.69) is 5.32 Å². The van der Waals surface area contributed by atoms with E-state index < -0.39 is 17.4 Å². The van der Waals surface area contributed by atoms with Crippen molar-refractivity contribution in [1.29, 1.82) is 0 Å². The largest absolute Gasteiger partial charge is 0.480 e. The third-order valence-corrected chi connectivity index (χ3v) is 3.71. The third kappa shape index (κ3) is 3.34. The van der Waals surface area contributed by atoms with Gasteiger partial charge in [-0.15, -0.1) is 0 Å². The van der Waals surface area contributed by atoms with Gasteiger partial charge in [-0.3, -0.25) is 19.3 Å². The molecule has 1 fully saturated rings. The summed E-state index contributed by atoms with van der Waals surface area (Å²) in [5.74, 6) is -2.11. The highest BCUT2D eigenvalue weighted by atomic mass is 16.4. The van der Waals surface area contributed by atoms with Gasteiger partial charge >= 0.3 is 5.97 Å². The summed E-state index contributed by atoms with van der Waals surface area (Å²) in [6, 6.07) is 0. The van der Waals surface area contributed by atoms with Crippen molar-refractivity contribution in [2.45, 2.75) is 51.5 Å². The van der Waals surface area contributed by atoms with E-state index in [0.717, 1.165) is 4.90 Å². The van der Waals surface area contributed by atoms with E-state index in [9.17, 15) is 24.3 Å².